The number of piperidine rings is 1. The SMILES string of the molecule is O=C(O)CC[C@@H]1CCCN(C(=O)c2cncn2-c2ccccc2)C1. The highest BCUT2D eigenvalue weighted by molar-refractivity contribution is 5.93. The van der Waals surface area contributed by atoms with Gasteiger partial charge in [0.1, 0.15) is 5.69 Å². The number of hydrogen-bond donors (Lipinski definition) is 1. The Morgan fingerprint density at radius 1 is 1.25 bits per heavy atom. The fraction of sp³-hybridized carbons (Fsp3) is 0.389. The molecular weight excluding hydrogens is 306 g/mol. The lowest BCUT2D eigenvalue weighted by molar-refractivity contribution is -0.137. The standard InChI is InChI=1S/C18H21N3O3/c22-17(23)9-8-14-5-4-10-20(12-14)18(24)16-11-19-13-21(16)15-6-2-1-3-7-15/h1-3,6-7,11,13-14H,4-5,8-10,12H2,(H,22,23)/t14-/m0/s1. The molecule has 1 atom stereocenters. The first kappa shape index (κ1) is 16.2. The van der Waals surface area contributed by atoms with E-state index >= 15 is 0 Å². The minimum atomic E-state index is -0.777. The van der Waals surface area contributed by atoms with Gasteiger partial charge < -0.3 is 10.0 Å². The number of para-hydroxylation sites is 1. The molecule has 0 aliphatic carbocycles. The van der Waals surface area contributed by atoms with Gasteiger partial charge in [0.15, 0.2) is 0 Å². The Balaban J connectivity index is 1.73. The second-order valence-corrected chi connectivity index (χ2v) is 6.18. The number of imidazole rings is 1. The van der Waals surface area contributed by atoms with Crippen LogP contribution in [0, 0.1) is 5.92 Å². The van der Waals surface area contributed by atoms with Crippen molar-refractivity contribution in [2.45, 2.75) is 25.7 Å². The van der Waals surface area contributed by atoms with E-state index in [9.17, 15) is 9.59 Å². The number of nitrogens with zero attached hydrogens (tertiary/aromatic N) is 3. The summed E-state index contributed by atoms with van der Waals surface area (Å²) in [6, 6.07) is 9.65. The van der Waals surface area contributed by atoms with Crippen molar-refractivity contribution in [2.75, 3.05) is 13.1 Å². The predicted molar refractivity (Wildman–Crippen MR) is 89.1 cm³/mol. The summed E-state index contributed by atoms with van der Waals surface area (Å²) < 4.78 is 1.79. The van der Waals surface area contributed by atoms with Gasteiger partial charge in [-0.05, 0) is 37.3 Å². The Morgan fingerprint density at radius 2 is 2.04 bits per heavy atom. The maximum atomic E-state index is 12.9. The molecule has 6 heteroatoms. The normalized spacial score (nSPS) is 17.7. The van der Waals surface area contributed by atoms with Crippen LogP contribution in [0.1, 0.15) is 36.2 Å². The van der Waals surface area contributed by atoms with Gasteiger partial charge in [0, 0.05) is 25.2 Å². The average molecular weight is 327 g/mol. The molecular formula is C18H21N3O3. The van der Waals surface area contributed by atoms with Gasteiger partial charge in [-0.25, -0.2) is 4.98 Å². The van der Waals surface area contributed by atoms with Crippen molar-refractivity contribution in [3.8, 4) is 5.69 Å². The molecule has 1 fully saturated rings. The Labute approximate surface area is 140 Å². The van der Waals surface area contributed by atoms with Crippen LogP contribution in [-0.4, -0.2) is 44.5 Å². The van der Waals surface area contributed by atoms with Gasteiger partial charge >= 0.3 is 5.97 Å². The topological polar surface area (TPSA) is 75.4 Å². The molecule has 1 aliphatic heterocycles. The van der Waals surface area contributed by atoms with Crippen LogP contribution in [0.3, 0.4) is 0 Å². The molecule has 1 aromatic carbocycles. The van der Waals surface area contributed by atoms with Crippen molar-refractivity contribution in [2.24, 2.45) is 5.92 Å². The van der Waals surface area contributed by atoms with Gasteiger partial charge in [0.05, 0.1) is 12.5 Å². The predicted octanol–water partition coefficient (Wildman–Crippen LogP) is 2.59. The van der Waals surface area contributed by atoms with E-state index in [0.717, 1.165) is 18.5 Å². The van der Waals surface area contributed by atoms with E-state index in [1.807, 2.05) is 35.2 Å². The summed E-state index contributed by atoms with van der Waals surface area (Å²) in [6.07, 6.45) is 5.92. The molecule has 2 heterocycles. The summed E-state index contributed by atoms with van der Waals surface area (Å²) in [7, 11) is 0. The van der Waals surface area contributed by atoms with Crippen molar-refractivity contribution in [3.63, 3.8) is 0 Å². The van der Waals surface area contributed by atoms with Crippen LogP contribution in [0.4, 0.5) is 0 Å². The monoisotopic (exact) mass is 327 g/mol. The fourth-order valence-corrected chi connectivity index (χ4v) is 3.22. The van der Waals surface area contributed by atoms with E-state index in [1.165, 1.54) is 0 Å². The van der Waals surface area contributed by atoms with Gasteiger partial charge in [0.25, 0.3) is 5.91 Å². The molecule has 1 saturated heterocycles. The van der Waals surface area contributed by atoms with Gasteiger partial charge in [-0.15, -0.1) is 0 Å². The number of carboxylic acid groups (broad SMARTS) is 1. The highest BCUT2D eigenvalue weighted by Gasteiger charge is 2.26. The van der Waals surface area contributed by atoms with Gasteiger partial charge in [-0.1, -0.05) is 18.2 Å². The molecule has 1 aromatic heterocycles. The van der Waals surface area contributed by atoms with E-state index in [4.69, 9.17) is 5.11 Å². The van der Waals surface area contributed by atoms with Crippen LogP contribution in [0.2, 0.25) is 0 Å². The Hall–Kier alpha value is -2.63. The molecule has 2 aromatic rings. The summed E-state index contributed by atoms with van der Waals surface area (Å²) in [6.45, 7) is 1.33. The molecule has 0 radical (unpaired) electrons. The van der Waals surface area contributed by atoms with Crippen LogP contribution in [0.15, 0.2) is 42.9 Å². The van der Waals surface area contributed by atoms with Crippen LogP contribution >= 0.6 is 0 Å². The number of aromatic nitrogens is 2. The molecule has 0 saturated carbocycles. The number of rotatable bonds is 5. The second-order valence-electron chi connectivity index (χ2n) is 6.18. The summed E-state index contributed by atoms with van der Waals surface area (Å²) >= 11 is 0. The highest BCUT2D eigenvalue weighted by Crippen LogP contribution is 2.23. The molecule has 1 N–H and O–H groups in total. The summed E-state index contributed by atoms with van der Waals surface area (Å²) in [5.41, 5.74) is 1.44. The fourth-order valence-electron chi connectivity index (χ4n) is 3.22. The number of likely N-dealkylation sites (tertiary alicyclic amines) is 1. The van der Waals surface area contributed by atoms with Crippen LogP contribution < -0.4 is 0 Å². The zero-order valence-corrected chi connectivity index (χ0v) is 13.5. The maximum Gasteiger partial charge on any atom is 0.303 e. The highest BCUT2D eigenvalue weighted by atomic mass is 16.4. The Morgan fingerprint density at radius 3 is 2.79 bits per heavy atom. The Kier molecular flexibility index (Phi) is 4.93. The zero-order valence-electron chi connectivity index (χ0n) is 13.5. The van der Waals surface area contributed by atoms with Crippen molar-refractivity contribution < 1.29 is 14.7 Å². The van der Waals surface area contributed by atoms with E-state index in [1.54, 1.807) is 17.1 Å². The van der Waals surface area contributed by atoms with E-state index in [0.29, 0.717) is 25.2 Å². The first-order chi connectivity index (χ1) is 11.6. The van der Waals surface area contributed by atoms with Gasteiger partial charge in [-0.3, -0.25) is 14.2 Å². The average Bonchev–Trinajstić information content (AvgIpc) is 3.10. The van der Waals surface area contributed by atoms with Crippen LogP contribution in [0.25, 0.3) is 5.69 Å². The number of benzene rings is 1. The number of amides is 1. The molecule has 126 valence electrons. The molecule has 1 aliphatic rings. The summed E-state index contributed by atoms with van der Waals surface area (Å²) in [4.78, 5) is 29.6. The zero-order chi connectivity index (χ0) is 16.9. The number of hydrogen-bond acceptors (Lipinski definition) is 3. The molecule has 0 spiro atoms. The minimum Gasteiger partial charge on any atom is -0.481 e. The number of carbonyl (C=O) groups excluding carboxylic acids is 1. The Bertz CT molecular complexity index is 711. The third kappa shape index (κ3) is 3.64. The van der Waals surface area contributed by atoms with Gasteiger partial charge in [-0.2, -0.15) is 0 Å². The smallest absolute Gasteiger partial charge is 0.303 e. The van der Waals surface area contributed by atoms with Crippen molar-refractivity contribution in [1.82, 2.24) is 14.5 Å². The molecule has 3 rings (SSSR count). The molecule has 1 amide bonds. The molecule has 6 nitrogen and oxygen atoms in total. The number of carbonyl (C=O) groups is 2. The minimum absolute atomic E-state index is 0.0450. The third-order valence-corrected chi connectivity index (χ3v) is 4.46. The van der Waals surface area contributed by atoms with E-state index < -0.39 is 5.97 Å². The van der Waals surface area contributed by atoms with Crippen LogP contribution in [-0.2, 0) is 4.79 Å². The molecule has 0 bridgehead atoms. The van der Waals surface area contributed by atoms with Crippen LogP contribution in [0.5, 0.6) is 0 Å². The van der Waals surface area contributed by atoms with E-state index in [2.05, 4.69) is 4.98 Å². The summed E-state index contributed by atoms with van der Waals surface area (Å²) in [5.74, 6) is -0.566. The van der Waals surface area contributed by atoms with Crippen molar-refractivity contribution >= 4 is 11.9 Å². The molecule has 24 heavy (non-hydrogen) atoms. The number of aliphatic carboxylic acids is 1. The second kappa shape index (κ2) is 7.29. The third-order valence-electron chi connectivity index (χ3n) is 4.46. The lowest BCUT2D eigenvalue weighted by Crippen LogP contribution is -2.40. The first-order valence-corrected chi connectivity index (χ1v) is 8.24. The summed E-state index contributed by atoms with van der Waals surface area (Å²) in [5, 5.41) is 8.84. The lowest BCUT2D eigenvalue weighted by Gasteiger charge is -2.32. The lowest BCUT2D eigenvalue weighted by atomic mass is 9.93. The molecule has 0 unspecified atom stereocenters. The first-order valence-electron chi connectivity index (χ1n) is 8.24. The van der Waals surface area contributed by atoms with Gasteiger partial charge in [0.2, 0.25) is 0 Å². The number of carboxylic acids is 1. The van der Waals surface area contributed by atoms with E-state index in [-0.39, 0.29) is 18.2 Å². The largest absolute Gasteiger partial charge is 0.481 e. The quantitative estimate of drug-likeness (QED) is 0.916. The van der Waals surface area contributed by atoms with Crippen molar-refractivity contribution in [1.29, 1.82) is 0 Å². The van der Waals surface area contributed by atoms with Crippen molar-refractivity contribution in [3.05, 3.63) is 48.5 Å². The maximum absolute atomic E-state index is 12.9.